The number of benzene rings is 1. The number of para-hydroxylation sites is 2. The number of halogens is 1. The van der Waals surface area contributed by atoms with Crippen molar-refractivity contribution in [2.45, 2.75) is 25.6 Å². The molecule has 0 aliphatic carbocycles. The fourth-order valence-electron chi connectivity index (χ4n) is 2.88. The van der Waals surface area contributed by atoms with Gasteiger partial charge >= 0.3 is 0 Å². The van der Waals surface area contributed by atoms with Gasteiger partial charge in [-0.3, -0.25) is 4.79 Å². The lowest BCUT2D eigenvalue weighted by Gasteiger charge is -2.32. The lowest BCUT2D eigenvalue weighted by atomic mass is 10.2. The Morgan fingerprint density at radius 3 is 2.79 bits per heavy atom. The first-order valence-corrected chi connectivity index (χ1v) is 8.25. The Morgan fingerprint density at radius 2 is 2.08 bits per heavy atom. The summed E-state index contributed by atoms with van der Waals surface area (Å²) in [6.45, 7) is 5.89. The molecule has 2 aliphatic heterocycles. The summed E-state index contributed by atoms with van der Waals surface area (Å²) in [6, 6.07) is 7.62. The van der Waals surface area contributed by atoms with Gasteiger partial charge in [-0.25, -0.2) is 0 Å². The van der Waals surface area contributed by atoms with E-state index in [1.165, 1.54) is 0 Å². The molecule has 1 saturated heterocycles. The smallest absolute Gasteiger partial charge is 0.225 e. The maximum absolute atomic E-state index is 12.5. The SMILES string of the molecule is CCN(CC1COc2ccccc2O1)C(=O)CC1CNCCO1.Cl. The van der Waals surface area contributed by atoms with E-state index in [9.17, 15) is 4.79 Å². The van der Waals surface area contributed by atoms with Gasteiger partial charge < -0.3 is 24.4 Å². The van der Waals surface area contributed by atoms with E-state index >= 15 is 0 Å². The largest absolute Gasteiger partial charge is 0.486 e. The number of nitrogens with one attached hydrogen (secondary N) is 1. The van der Waals surface area contributed by atoms with Gasteiger partial charge in [-0.1, -0.05) is 12.1 Å². The second-order valence-electron chi connectivity index (χ2n) is 5.83. The predicted octanol–water partition coefficient (Wildman–Crippen LogP) is 1.48. The minimum Gasteiger partial charge on any atom is -0.486 e. The molecule has 7 heteroatoms. The van der Waals surface area contributed by atoms with Gasteiger partial charge in [0.2, 0.25) is 5.91 Å². The van der Waals surface area contributed by atoms with E-state index in [0.29, 0.717) is 32.7 Å². The molecule has 6 nitrogen and oxygen atoms in total. The van der Waals surface area contributed by atoms with Crippen LogP contribution in [0.2, 0.25) is 0 Å². The molecule has 0 bridgehead atoms. The van der Waals surface area contributed by atoms with Crippen molar-refractivity contribution in [3.05, 3.63) is 24.3 Å². The molecular weight excluding hydrogens is 332 g/mol. The average Bonchev–Trinajstić information content (AvgIpc) is 2.60. The molecule has 2 aliphatic rings. The highest BCUT2D eigenvalue weighted by molar-refractivity contribution is 5.85. The molecular formula is C17H25ClN2O4. The second kappa shape index (κ2) is 9.11. The number of rotatable bonds is 5. The second-order valence-corrected chi connectivity index (χ2v) is 5.83. The number of hydrogen-bond acceptors (Lipinski definition) is 5. The third-order valence-corrected chi connectivity index (χ3v) is 4.13. The molecule has 134 valence electrons. The molecule has 3 rings (SSSR count). The Hall–Kier alpha value is -1.50. The van der Waals surface area contributed by atoms with Crippen LogP contribution in [0.5, 0.6) is 11.5 Å². The normalized spacial score (nSPS) is 22.4. The molecule has 0 spiro atoms. The Bertz CT molecular complexity index is 537. The zero-order valence-corrected chi connectivity index (χ0v) is 14.7. The summed E-state index contributed by atoms with van der Waals surface area (Å²) in [5.74, 6) is 1.61. The highest BCUT2D eigenvalue weighted by Crippen LogP contribution is 2.31. The van der Waals surface area contributed by atoms with Crippen LogP contribution in [0.4, 0.5) is 0 Å². The lowest BCUT2D eigenvalue weighted by molar-refractivity contribution is -0.136. The van der Waals surface area contributed by atoms with Crippen LogP contribution in [0, 0.1) is 0 Å². The summed E-state index contributed by atoms with van der Waals surface area (Å²) in [6.07, 6.45) is 0.235. The average molecular weight is 357 g/mol. The number of morpholine rings is 1. The number of likely N-dealkylation sites (N-methyl/N-ethyl adjacent to an activating group) is 1. The molecule has 1 N–H and O–H groups in total. The van der Waals surface area contributed by atoms with E-state index in [1.54, 1.807) is 0 Å². The molecule has 1 amide bonds. The monoisotopic (exact) mass is 356 g/mol. The van der Waals surface area contributed by atoms with Gasteiger partial charge in [0.15, 0.2) is 17.6 Å². The van der Waals surface area contributed by atoms with Crippen molar-refractivity contribution < 1.29 is 19.0 Å². The van der Waals surface area contributed by atoms with Crippen LogP contribution < -0.4 is 14.8 Å². The van der Waals surface area contributed by atoms with Crippen molar-refractivity contribution >= 4 is 18.3 Å². The number of carbonyl (C=O) groups is 1. The summed E-state index contributed by atoms with van der Waals surface area (Å²) in [5, 5.41) is 3.25. The van der Waals surface area contributed by atoms with Crippen LogP contribution in [0.3, 0.4) is 0 Å². The maximum atomic E-state index is 12.5. The molecule has 2 heterocycles. The molecule has 24 heavy (non-hydrogen) atoms. The van der Waals surface area contributed by atoms with Crippen LogP contribution in [0.15, 0.2) is 24.3 Å². The number of fused-ring (bicyclic) bond motifs is 1. The Labute approximate surface area is 148 Å². The first kappa shape index (κ1) is 18.8. The van der Waals surface area contributed by atoms with Crippen molar-refractivity contribution in [3.63, 3.8) is 0 Å². The predicted molar refractivity (Wildman–Crippen MR) is 93.1 cm³/mol. The van der Waals surface area contributed by atoms with Crippen LogP contribution in [-0.2, 0) is 9.53 Å². The van der Waals surface area contributed by atoms with Crippen LogP contribution in [-0.4, -0.2) is 62.4 Å². The number of nitrogens with zero attached hydrogens (tertiary/aromatic N) is 1. The van der Waals surface area contributed by atoms with Gasteiger partial charge in [0.05, 0.1) is 25.7 Å². The molecule has 2 unspecified atom stereocenters. The highest BCUT2D eigenvalue weighted by Gasteiger charge is 2.26. The molecule has 1 aromatic rings. The van der Waals surface area contributed by atoms with Gasteiger partial charge in [0, 0.05) is 19.6 Å². The summed E-state index contributed by atoms with van der Waals surface area (Å²) in [5.41, 5.74) is 0. The number of carbonyl (C=O) groups excluding carboxylic acids is 1. The Balaban J connectivity index is 0.00000208. The third kappa shape index (κ3) is 4.75. The molecule has 1 aromatic carbocycles. The summed E-state index contributed by atoms with van der Waals surface area (Å²) in [7, 11) is 0. The van der Waals surface area contributed by atoms with Gasteiger partial charge in [0.25, 0.3) is 0 Å². The first-order chi connectivity index (χ1) is 11.3. The minimum atomic E-state index is -0.140. The van der Waals surface area contributed by atoms with E-state index in [4.69, 9.17) is 14.2 Å². The zero-order chi connectivity index (χ0) is 16.1. The molecule has 0 saturated carbocycles. The van der Waals surface area contributed by atoms with E-state index in [0.717, 1.165) is 24.6 Å². The summed E-state index contributed by atoms with van der Waals surface area (Å²) in [4.78, 5) is 14.3. The number of hydrogen-bond donors (Lipinski definition) is 1. The quantitative estimate of drug-likeness (QED) is 0.866. The first-order valence-electron chi connectivity index (χ1n) is 8.25. The third-order valence-electron chi connectivity index (χ3n) is 4.13. The maximum Gasteiger partial charge on any atom is 0.225 e. The van der Waals surface area contributed by atoms with Crippen LogP contribution >= 0.6 is 12.4 Å². The number of ether oxygens (including phenoxy) is 3. The van der Waals surface area contributed by atoms with Crippen molar-refractivity contribution in [2.75, 3.05) is 39.4 Å². The van der Waals surface area contributed by atoms with Gasteiger partial charge in [-0.2, -0.15) is 0 Å². The van der Waals surface area contributed by atoms with Crippen LogP contribution in [0.1, 0.15) is 13.3 Å². The topological polar surface area (TPSA) is 60.0 Å². The lowest BCUT2D eigenvalue weighted by Crippen LogP contribution is -2.46. The van der Waals surface area contributed by atoms with Gasteiger partial charge in [0.1, 0.15) is 6.61 Å². The van der Waals surface area contributed by atoms with Crippen molar-refractivity contribution in [1.82, 2.24) is 10.2 Å². The van der Waals surface area contributed by atoms with Gasteiger partial charge in [-0.15, -0.1) is 12.4 Å². The van der Waals surface area contributed by atoms with Crippen LogP contribution in [0.25, 0.3) is 0 Å². The molecule has 2 atom stereocenters. The Kier molecular flexibility index (Phi) is 7.15. The summed E-state index contributed by atoms with van der Waals surface area (Å²) < 4.78 is 17.3. The standard InChI is InChI=1S/C17H24N2O4.ClH/c1-2-19(17(20)9-13-10-18-7-8-21-13)11-14-12-22-15-5-3-4-6-16(15)23-14;/h3-6,13-14,18H,2,7-12H2,1H3;1H. The van der Waals surface area contributed by atoms with E-state index in [1.807, 2.05) is 36.1 Å². The number of amides is 1. The van der Waals surface area contributed by atoms with Crippen molar-refractivity contribution in [3.8, 4) is 11.5 Å². The molecule has 1 fully saturated rings. The van der Waals surface area contributed by atoms with E-state index in [2.05, 4.69) is 5.32 Å². The zero-order valence-electron chi connectivity index (χ0n) is 13.9. The highest BCUT2D eigenvalue weighted by atomic mass is 35.5. The van der Waals surface area contributed by atoms with E-state index < -0.39 is 0 Å². The van der Waals surface area contributed by atoms with Crippen molar-refractivity contribution in [2.24, 2.45) is 0 Å². The van der Waals surface area contributed by atoms with Gasteiger partial charge in [-0.05, 0) is 19.1 Å². The molecule has 0 radical (unpaired) electrons. The fraction of sp³-hybridized carbons (Fsp3) is 0.588. The fourth-order valence-corrected chi connectivity index (χ4v) is 2.88. The van der Waals surface area contributed by atoms with Crippen molar-refractivity contribution in [1.29, 1.82) is 0 Å². The molecule has 0 aromatic heterocycles. The minimum absolute atomic E-state index is 0. The van der Waals surface area contributed by atoms with E-state index in [-0.39, 0.29) is 30.5 Å². The Morgan fingerprint density at radius 1 is 1.29 bits per heavy atom. The summed E-state index contributed by atoms with van der Waals surface area (Å²) >= 11 is 0.